The van der Waals surface area contributed by atoms with Gasteiger partial charge in [0.2, 0.25) is 0 Å². The lowest BCUT2D eigenvalue weighted by Gasteiger charge is -2.47. The van der Waals surface area contributed by atoms with E-state index >= 15 is 0 Å². The van der Waals surface area contributed by atoms with Gasteiger partial charge in [-0.3, -0.25) is 0 Å². The van der Waals surface area contributed by atoms with E-state index in [9.17, 15) is 5.11 Å². The lowest BCUT2D eigenvalue weighted by molar-refractivity contribution is -0.0613. The van der Waals surface area contributed by atoms with E-state index in [-0.39, 0.29) is 0 Å². The SMILES string of the molecule is NC(=S)c1cccc(N2CCC3(O)CCCCC3C2)n1. The van der Waals surface area contributed by atoms with Crippen LogP contribution in [0.5, 0.6) is 0 Å². The number of fused-ring (bicyclic) bond motifs is 1. The Morgan fingerprint density at radius 2 is 2.25 bits per heavy atom. The number of nitrogens with zero attached hydrogens (tertiary/aromatic N) is 2. The van der Waals surface area contributed by atoms with Gasteiger partial charge in [-0.25, -0.2) is 4.98 Å². The first kappa shape index (κ1) is 13.8. The number of anilines is 1. The molecule has 4 nitrogen and oxygen atoms in total. The molecule has 2 aliphatic rings. The number of pyridine rings is 1. The molecular weight excluding hydrogens is 270 g/mol. The Labute approximate surface area is 125 Å². The first-order valence-corrected chi connectivity index (χ1v) is 7.73. The molecule has 1 saturated carbocycles. The summed E-state index contributed by atoms with van der Waals surface area (Å²) in [5.41, 5.74) is 5.87. The Balaban J connectivity index is 1.79. The third-order valence-electron chi connectivity index (χ3n) is 4.74. The zero-order chi connectivity index (χ0) is 14.2. The van der Waals surface area contributed by atoms with Crippen molar-refractivity contribution in [2.75, 3.05) is 18.0 Å². The predicted molar refractivity (Wildman–Crippen MR) is 83.9 cm³/mol. The minimum Gasteiger partial charge on any atom is -0.389 e. The first-order chi connectivity index (χ1) is 9.58. The molecule has 5 heteroatoms. The highest BCUT2D eigenvalue weighted by Crippen LogP contribution is 2.40. The smallest absolute Gasteiger partial charge is 0.129 e. The van der Waals surface area contributed by atoms with Gasteiger partial charge in [0.1, 0.15) is 10.8 Å². The van der Waals surface area contributed by atoms with Crippen LogP contribution in [-0.4, -0.2) is 33.8 Å². The Morgan fingerprint density at radius 1 is 1.40 bits per heavy atom. The zero-order valence-electron chi connectivity index (χ0n) is 11.6. The van der Waals surface area contributed by atoms with Crippen molar-refractivity contribution in [3.8, 4) is 0 Å². The van der Waals surface area contributed by atoms with Crippen LogP contribution in [0.3, 0.4) is 0 Å². The van der Waals surface area contributed by atoms with E-state index in [4.69, 9.17) is 18.0 Å². The van der Waals surface area contributed by atoms with Crippen LogP contribution in [0.4, 0.5) is 5.82 Å². The second-order valence-electron chi connectivity index (χ2n) is 5.99. The zero-order valence-corrected chi connectivity index (χ0v) is 12.4. The third-order valence-corrected chi connectivity index (χ3v) is 4.95. The number of nitrogens with two attached hydrogens (primary N) is 1. The van der Waals surface area contributed by atoms with Gasteiger partial charge in [-0.2, -0.15) is 0 Å². The molecule has 3 N–H and O–H groups in total. The number of hydrogen-bond acceptors (Lipinski definition) is 4. The largest absolute Gasteiger partial charge is 0.389 e. The Hall–Kier alpha value is -1.20. The maximum absolute atomic E-state index is 10.7. The van der Waals surface area contributed by atoms with Crippen molar-refractivity contribution in [3.63, 3.8) is 0 Å². The summed E-state index contributed by atoms with van der Waals surface area (Å²) >= 11 is 4.99. The molecule has 108 valence electrons. The molecule has 2 unspecified atom stereocenters. The summed E-state index contributed by atoms with van der Waals surface area (Å²) in [4.78, 5) is 7.12. The Bertz CT molecular complexity index is 522. The van der Waals surface area contributed by atoms with Gasteiger partial charge in [0, 0.05) is 19.0 Å². The molecule has 0 amide bonds. The molecule has 1 saturated heterocycles. The Kier molecular flexibility index (Phi) is 3.65. The number of rotatable bonds is 2. The van der Waals surface area contributed by atoms with Crippen LogP contribution in [0.1, 0.15) is 37.8 Å². The highest BCUT2D eigenvalue weighted by Gasteiger charge is 2.42. The van der Waals surface area contributed by atoms with Crippen LogP contribution in [0.2, 0.25) is 0 Å². The molecule has 0 bridgehead atoms. The van der Waals surface area contributed by atoms with Crippen molar-refractivity contribution in [1.82, 2.24) is 4.98 Å². The maximum Gasteiger partial charge on any atom is 0.129 e. The normalized spacial score (nSPS) is 29.9. The van der Waals surface area contributed by atoms with Crippen molar-refractivity contribution in [2.24, 2.45) is 11.7 Å². The van der Waals surface area contributed by atoms with Crippen LogP contribution in [0.25, 0.3) is 0 Å². The van der Waals surface area contributed by atoms with Crippen LogP contribution < -0.4 is 10.6 Å². The maximum atomic E-state index is 10.7. The average molecular weight is 291 g/mol. The van der Waals surface area contributed by atoms with Gasteiger partial charge in [0.25, 0.3) is 0 Å². The van der Waals surface area contributed by atoms with Gasteiger partial charge >= 0.3 is 0 Å². The second kappa shape index (κ2) is 5.30. The van der Waals surface area contributed by atoms with Gasteiger partial charge in [-0.05, 0) is 31.4 Å². The molecule has 0 spiro atoms. The fourth-order valence-electron chi connectivity index (χ4n) is 3.52. The molecule has 2 fully saturated rings. The molecule has 1 aliphatic heterocycles. The summed E-state index contributed by atoms with van der Waals surface area (Å²) in [6.45, 7) is 1.73. The lowest BCUT2D eigenvalue weighted by atomic mass is 9.71. The van der Waals surface area contributed by atoms with Crippen LogP contribution >= 0.6 is 12.2 Å². The van der Waals surface area contributed by atoms with Gasteiger partial charge in [-0.15, -0.1) is 0 Å². The fraction of sp³-hybridized carbons (Fsp3) is 0.600. The summed E-state index contributed by atoms with van der Waals surface area (Å²) in [5, 5.41) is 10.7. The number of thiocarbonyl (C=S) groups is 1. The quantitative estimate of drug-likeness (QED) is 0.814. The molecule has 1 aromatic heterocycles. The van der Waals surface area contributed by atoms with Crippen molar-refractivity contribution in [3.05, 3.63) is 23.9 Å². The molecular formula is C15H21N3OS. The van der Waals surface area contributed by atoms with Crippen LogP contribution in [-0.2, 0) is 0 Å². The molecule has 1 aliphatic carbocycles. The summed E-state index contributed by atoms with van der Waals surface area (Å²) in [5.74, 6) is 1.28. The highest BCUT2D eigenvalue weighted by molar-refractivity contribution is 7.80. The predicted octanol–water partition coefficient (Wildman–Crippen LogP) is 1.85. The fourth-order valence-corrected chi connectivity index (χ4v) is 3.63. The second-order valence-corrected chi connectivity index (χ2v) is 6.43. The molecule has 2 atom stereocenters. The Morgan fingerprint density at radius 3 is 3.05 bits per heavy atom. The van der Waals surface area contributed by atoms with Gasteiger partial charge in [-0.1, -0.05) is 31.1 Å². The summed E-state index contributed by atoms with van der Waals surface area (Å²) in [7, 11) is 0. The van der Waals surface area contributed by atoms with E-state index in [0.29, 0.717) is 16.6 Å². The van der Waals surface area contributed by atoms with Crippen molar-refractivity contribution >= 4 is 23.0 Å². The topological polar surface area (TPSA) is 62.4 Å². The van der Waals surface area contributed by atoms with E-state index < -0.39 is 5.60 Å². The first-order valence-electron chi connectivity index (χ1n) is 7.33. The van der Waals surface area contributed by atoms with Crippen molar-refractivity contribution in [2.45, 2.75) is 37.7 Å². The molecule has 0 aromatic carbocycles. The lowest BCUT2D eigenvalue weighted by Crippen LogP contribution is -2.53. The van der Waals surface area contributed by atoms with E-state index in [1.54, 1.807) is 0 Å². The van der Waals surface area contributed by atoms with Crippen molar-refractivity contribution in [1.29, 1.82) is 0 Å². The number of piperidine rings is 1. The third kappa shape index (κ3) is 2.52. The number of hydrogen-bond donors (Lipinski definition) is 2. The monoisotopic (exact) mass is 291 g/mol. The molecule has 3 rings (SSSR count). The summed E-state index contributed by atoms with van der Waals surface area (Å²) in [6, 6.07) is 5.78. The molecule has 2 heterocycles. The van der Waals surface area contributed by atoms with E-state index in [1.807, 2.05) is 18.2 Å². The summed E-state index contributed by atoms with van der Waals surface area (Å²) in [6.07, 6.45) is 5.27. The van der Waals surface area contributed by atoms with E-state index in [1.165, 1.54) is 6.42 Å². The number of aliphatic hydroxyl groups is 1. The number of aromatic nitrogens is 1. The summed E-state index contributed by atoms with van der Waals surface area (Å²) < 4.78 is 0. The van der Waals surface area contributed by atoms with Gasteiger partial charge < -0.3 is 15.7 Å². The molecule has 1 aromatic rings. The van der Waals surface area contributed by atoms with E-state index in [0.717, 1.165) is 44.6 Å². The highest BCUT2D eigenvalue weighted by atomic mass is 32.1. The van der Waals surface area contributed by atoms with Crippen molar-refractivity contribution < 1.29 is 5.11 Å². The van der Waals surface area contributed by atoms with Gasteiger partial charge in [0.15, 0.2) is 0 Å². The molecule has 0 radical (unpaired) electrons. The van der Waals surface area contributed by atoms with Crippen LogP contribution in [0, 0.1) is 5.92 Å². The van der Waals surface area contributed by atoms with Gasteiger partial charge in [0.05, 0.1) is 11.3 Å². The minimum atomic E-state index is -0.449. The molecule has 20 heavy (non-hydrogen) atoms. The van der Waals surface area contributed by atoms with E-state index in [2.05, 4.69) is 9.88 Å². The van der Waals surface area contributed by atoms with Crippen LogP contribution in [0.15, 0.2) is 18.2 Å². The standard InChI is InChI=1S/C15H21N3OS/c16-14(20)12-5-3-6-13(17-12)18-9-8-15(19)7-2-1-4-11(15)10-18/h3,5-6,11,19H,1-2,4,7-10H2,(H2,16,20). The minimum absolute atomic E-state index is 0.332. The average Bonchev–Trinajstić information content (AvgIpc) is 2.46.